The minimum Gasteiger partial charge on any atom is -0.375 e. The molecule has 0 spiro atoms. The third-order valence-electron chi connectivity index (χ3n) is 5.45. The van der Waals surface area contributed by atoms with Crippen molar-refractivity contribution >= 4 is 46.1 Å². The Hall–Kier alpha value is -2.09. The molecule has 1 fully saturated rings. The van der Waals surface area contributed by atoms with Crippen molar-refractivity contribution in [2.75, 3.05) is 30.3 Å². The highest BCUT2D eigenvalue weighted by Gasteiger charge is 2.33. The van der Waals surface area contributed by atoms with Gasteiger partial charge < -0.3 is 20.3 Å². The molecule has 2 amide bonds. The van der Waals surface area contributed by atoms with Crippen molar-refractivity contribution in [3.63, 3.8) is 0 Å². The van der Waals surface area contributed by atoms with Gasteiger partial charge in [-0.25, -0.2) is 0 Å². The number of anilines is 2. The molecule has 160 valence electrons. The third kappa shape index (κ3) is 4.63. The van der Waals surface area contributed by atoms with Gasteiger partial charge in [0, 0.05) is 40.7 Å². The van der Waals surface area contributed by atoms with E-state index in [1.807, 2.05) is 18.7 Å². The van der Waals surface area contributed by atoms with E-state index in [0.717, 1.165) is 42.8 Å². The first-order chi connectivity index (χ1) is 14.3. The summed E-state index contributed by atoms with van der Waals surface area (Å²) in [6.45, 7) is 6.30. The summed E-state index contributed by atoms with van der Waals surface area (Å²) in [5.74, 6) is -0.156. The summed E-state index contributed by atoms with van der Waals surface area (Å²) in [5, 5.41) is 6.74. The van der Waals surface area contributed by atoms with Gasteiger partial charge in [0.1, 0.15) is 4.88 Å². The Morgan fingerprint density at radius 2 is 2.03 bits per heavy atom. The first-order valence-corrected chi connectivity index (χ1v) is 11.4. The van der Waals surface area contributed by atoms with Gasteiger partial charge >= 0.3 is 0 Å². The number of amides is 2. The van der Waals surface area contributed by atoms with Crippen molar-refractivity contribution in [2.45, 2.75) is 45.3 Å². The molecule has 0 radical (unpaired) electrons. The molecule has 3 heterocycles. The summed E-state index contributed by atoms with van der Waals surface area (Å²) < 4.78 is 5.99. The topological polar surface area (TPSA) is 70.7 Å². The first-order valence-electron chi connectivity index (χ1n) is 10.2. The normalized spacial score (nSPS) is 17.5. The van der Waals surface area contributed by atoms with Crippen LogP contribution in [0.2, 0.25) is 5.02 Å². The van der Waals surface area contributed by atoms with Gasteiger partial charge in [-0.3, -0.25) is 9.59 Å². The summed E-state index contributed by atoms with van der Waals surface area (Å²) >= 11 is 7.51. The van der Waals surface area contributed by atoms with E-state index in [1.165, 1.54) is 11.3 Å². The maximum absolute atomic E-state index is 13.1. The largest absolute Gasteiger partial charge is 0.375 e. The second kappa shape index (κ2) is 8.57. The van der Waals surface area contributed by atoms with E-state index in [9.17, 15) is 9.59 Å². The number of hydrogen-bond donors (Lipinski definition) is 2. The maximum atomic E-state index is 13.1. The van der Waals surface area contributed by atoms with Gasteiger partial charge in [0.25, 0.3) is 5.91 Å². The number of halogens is 1. The highest BCUT2D eigenvalue weighted by Crippen LogP contribution is 2.41. The van der Waals surface area contributed by atoms with Crippen LogP contribution in [0, 0.1) is 0 Å². The lowest BCUT2D eigenvalue weighted by molar-refractivity contribution is -0.128. The van der Waals surface area contributed by atoms with Gasteiger partial charge in [0.2, 0.25) is 5.91 Å². The predicted octanol–water partition coefficient (Wildman–Crippen LogP) is 4.54. The number of rotatable bonds is 5. The van der Waals surface area contributed by atoms with Crippen molar-refractivity contribution in [2.24, 2.45) is 0 Å². The summed E-state index contributed by atoms with van der Waals surface area (Å²) in [7, 11) is 0. The van der Waals surface area contributed by atoms with E-state index in [2.05, 4.69) is 10.6 Å². The van der Waals surface area contributed by atoms with Crippen LogP contribution in [0.3, 0.4) is 0 Å². The number of fused-ring (bicyclic) bond motifs is 1. The Morgan fingerprint density at radius 3 is 2.77 bits per heavy atom. The maximum Gasteiger partial charge on any atom is 0.267 e. The predicted molar refractivity (Wildman–Crippen MR) is 121 cm³/mol. The molecule has 1 saturated heterocycles. The molecule has 4 rings (SSSR count). The number of ether oxygens (including phenoxy) is 1. The molecule has 0 bridgehead atoms. The fraction of sp³-hybridized carbons (Fsp3) is 0.455. The van der Waals surface area contributed by atoms with Gasteiger partial charge in [-0.1, -0.05) is 17.7 Å². The summed E-state index contributed by atoms with van der Waals surface area (Å²) in [4.78, 5) is 29.2. The second-order valence-electron chi connectivity index (χ2n) is 8.34. The van der Waals surface area contributed by atoms with Gasteiger partial charge in [0.05, 0.1) is 24.4 Å². The molecule has 1 aromatic heterocycles. The fourth-order valence-electron chi connectivity index (χ4n) is 3.86. The van der Waals surface area contributed by atoms with E-state index in [-0.39, 0.29) is 24.0 Å². The third-order valence-corrected chi connectivity index (χ3v) is 6.91. The SMILES string of the molecule is CC1(C)Cc2sc(C(=O)Nc3cccc(Cl)c3)c(NCC(=O)N3CCCC3)c2CO1. The van der Waals surface area contributed by atoms with Gasteiger partial charge in [0.15, 0.2) is 0 Å². The number of likely N-dealkylation sites (tertiary alicyclic amines) is 1. The number of carbonyl (C=O) groups excluding carboxylic acids is 2. The quantitative estimate of drug-likeness (QED) is 0.705. The zero-order valence-electron chi connectivity index (χ0n) is 17.2. The molecule has 6 nitrogen and oxygen atoms in total. The minimum absolute atomic E-state index is 0.0608. The van der Waals surface area contributed by atoms with Crippen molar-refractivity contribution in [1.29, 1.82) is 0 Å². The van der Waals surface area contributed by atoms with E-state index >= 15 is 0 Å². The molecular formula is C22H26ClN3O3S. The Labute approximate surface area is 185 Å². The van der Waals surface area contributed by atoms with Crippen molar-refractivity contribution in [3.8, 4) is 0 Å². The van der Waals surface area contributed by atoms with E-state index < -0.39 is 0 Å². The zero-order chi connectivity index (χ0) is 21.3. The van der Waals surface area contributed by atoms with Crippen LogP contribution < -0.4 is 10.6 Å². The van der Waals surface area contributed by atoms with Gasteiger partial charge in [-0.15, -0.1) is 11.3 Å². The van der Waals surface area contributed by atoms with Crippen LogP contribution in [-0.2, 0) is 22.6 Å². The minimum atomic E-state index is -0.277. The van der Waals surface area contributed by atoms with Crippen LogP contribution in [0.1, 0.15) is 46.8 Å². The smallest absolute Gasteiger partial charge is 0.267 e. The van der Waals surface area contributed by atoms with Crippen LogP contribution in [-0.4, -0.2) is 41.9 Å². The molecule has 1 aromatic carbocycles. The molecule has 0 atom stereocenters. The second-order valence-corrected chi connectivity index (χ2v) is 9.88. The van der Waals surface area contributed by atoms with Crippen LogP contribution in [0.25, 0.3) is 0 Å². The van der Waals surface area contributed by atoms with Crippen molar-refractivity contribution < 1.29 is 14.3 Å². The van der Waals surface area contributed by atoms with Crippen LogP contribution >= 0.6 is 22.9 Å². The lowest BCUT2D eigenvalue weighted by atomic mass is 9.98. The van der Waals surface area contributed by atoms with E-state index in [1.54, 1.807) is 24.3 Å². The summed E-state index contributed by atoms with van der Waals surface area (Å²) in [5.41, 5.74) is 2.04. The standard InChI is InChI=1S/C22H26ClN3O3S/c1-22(2)11-17-16(13-29-22)19(24-12-18(27)26-8-3-4-9-26)20(30-17)21(28)25-15-7-5-6-14(23)10-15/h5-7,10,24H,3-4,8-9,11-13H2,1-2H3,(H,25,28). The molecule has 2 N–H and O–H groups in total. The van der Waals surface area contributed by atoms with E-state index in [0.29, 0.717) is 27.9 Å². The molecule has 2 aliphatic rings. The monoisotopic (exact) mass is 447 g/mol. The Kier molecular flexibility index (Phi) is 6.04. The molecule has 8 heteroatoms. The fourth-order valence-corrected chi connectivity index (χ4v) is 5.44. The first kappa shape index (κ1) is 21.2. The highest BCUT2D eigenvalue weighted by molar-refractivity contribution is 7.15. The Bertz CT molecular complexity index is 967. The Balaban J connectivity index is 1.58. The van der Waals surface area contributed by atoms with Crippen molar-refractivity contribution in [1.82, 2.24) is 4.90 Å². The average Bonchev–Trinajstić information content (AvgIpc) is 3.33. The lowest BCUT2D eigenvalue weighted by Crippen LogP contribution is -2.34. The van der Waals surface area contributed by atoms with Crippen LogP contribution in [0.4, 0.5) is 11.4 Å². The van der Waals surface area contributed by atoms with Crippen LogP contribution in [0.15, 0.2) is 24.3 Å². The molecule has 0 saturated carbocycles. The summed E-state index contributed by atoms with van der Waals surface area (Å²) in [6, 6.07) is 7.07. The molecule has 0 aliphatic carbocycles. The molecule has 0 unspecified atom stereocenters. The van der Waals surface area contributed by atoms with E-state index in [4.69, 9.17) is 16.3 Å². The van der Waals surface area contributed by atoms with Gasteiger partial charge in [-0.05, 0) is 44.9 Å². The molecule has 2 aliphatic heterocycles. The number of hydrogen-bond acceptors (Lipinski definition) is 5. The molecule has 30 heavy (non-hydrogen) atoms. The highest BCUT2D eigenvalue weighted by atomic mass is 35.5. The zero-order valence-corrected chi connectivity index (χ0v) is 18.8. The van der Waals surface area contributed by atoms with Gasteiger partial charge in [-0.2, -0.15) is 0 Å². The number of benzene rings is 1. The lowest BCUT2D eigenvalue weighted by Gasteiger charge is -2.30. The van der Waals surface area contributed by atoms with Crippen molar-refractivity contribution in [3.05, 3.63) is 44.6 Å². The van der Waals surface area contributed by atoms with Crippen LogP contribution in [0.5, 0.6) is 0 Å². The molecular weight excluding hydrogens is 422 g/mol. The number of nitrogens with one attached hydrogen (secondary N) is 2. The molecule has 2 aromatic rings. The number of thiophene rings is 1. The number of nitrogens with zero attached hydrogens (tertiary/aromatic N) is 1. The average molecular weight is 448 g/mol. The summed E-state index contributed by atoms with van der Waals surface area (Å²) in [6.07, 6.45) is 2.83. The Morgan fingerprint density at radius 1 is 1.27 bits per heavy atom. The number of carbonyl (C=O) groups is 2.